The summed E-state index contributed by atoms with van der Waals surface area (Å²) >= 11 is 0. The number of rotatable bonds is 2. The molecule has 1 aromatic carbocycles. The number of hydrogen-bond acceptors (Lipinski definition) is 3. The van der Waals surface area contributed by atoms with Crippen LogP contribution in [0.25, 0.3) is 0 Å². The van der Waals surface area contributed by atoms with Gasteiger partial charge < -0.3 is 10.0 Å². The number of Topliss-reactive ketones (excluding diaryl/α,β-unsaturated/α-hetero) is 1. The average Bonchev–Trinajstić information content (AvgIpc) is 2.21. The van der Waals surface area contributed by atoms with E-state index in [2.05, 4.69) is 0 Å². The molecule has 0 aliphatic rings. The van der Waals surface area contributed by atoms with Crippen molar-refractivity contribution in [1.29, 1.82) is 0 Å². The van der Waals surface area contributed by atoms with Gasteiger partial charge in [-0.2, -0.15) is 0 Å². The largest absolute Gasteiger partial charge is 1.00 e. The fraction of sp³-hybridized carbons (Fsp3) is 0.300. The molecule has 0 fully saturated rings. The van der Waals surface area contributed by atoms with Gasteiger partial charge >= 0.3 is 59.1 Å². The molecule has 1 aromatic rings. The minimum absolute atomic E-state index is 0. The Morgan fingerprint density at radius 1 is 1.06 bits per heavy atom. The van der Waals surface area contributed by atoms with Crippen molar-refractivity contribution in [1.82, 2.24) is 0 Å². The minimum atomic E-state index is -1.97. The molecule has 0 bridgehead atoms. The Morgan fingerprint density at radius 2 is 1.44 bits per heavy atom. The van der Waals surface area contributed by atoms with E-state index in [-0.39, 0.29) is 70.4 Å². The van der Waals surface area contributed by atoms with E-state index in [1.165, 1.54) is 31.2 Å². The molecule has 0 spiro atoms. The van der Waals surface area contributed by atoms with E-state index in [0.717, 1.165) is 0 Å². The molecule has 0 aromatic heterocycles. The van der Waals surface area contributed by atoms with Crippen LogP contribution in [0.4, 0.5) is 0 Å². The van der Waals surface area contributed by atoms with Gasteiger partial charge in [-0.3, -0.25) is 4.79 Å². The van der Waals surface area contributed by atoms with Crippen molar-refractivity contribution >= 4 is 18.4 Å². The van der Waals surface area contributed by atoms with Crippen LogP contribution in [0.5, 0.6) is 0 Å². The van der Waals surface area contributed by atoms with Crippen molar-refractivity contribution in [3.8, 4) is 0 Å². The first-order valence-electron chi connectivity index (χ1n) is 4.54. The molecule has 3 nitrogen and oxygen atoms in total. The molecule has 0 atom stereocenters. The topological polar surface area (TPSA) is 63.2 Å². The van der Waals surface area contributed by atoms with Crippen molar-refractivity contribution in [2.24, 2.45) is 0 Å². The standard InChI is InChI=1S/C8H7BO3.C2H6.2Na/c1-6(10)7-2-4-8(5-3-7)9(11)12;1-2;;/h2-5H,1H3;1-2H3;;/q-2;;2*+1. The molecule has 1 rings (SSSR count). The first-order valence-corrected chi connectivity index (χ1v) is 4.54. The maximum atomic E-state index is 10.8. The summed E-state index contributed by atoms with van der Waals surface area (Å²) in [5.74, 6) is -0.0742. The van der Waals surface area contributed by atoms with Gasteiger partial charge in [-0.25, -0.2) is 0 Å². The smallest absolute Gasteiger partial charge is 0.889 e. The second kappa shape index (κ2) is 12.3. The number of hydrogen-bond donors (Lipinski definition) is 0. The van der Waals surface area contributed by atoms with Crippen LogP contribution in [0.15, 0.2) is 24.3 Å². The summed E-state index contributed by atoms with van der Waals surface area (Å²) in [5, 5.41) is 20.7. The zero-order valence-electron chi connectivity index (χ0n) is 10.6. The fourth-order valence-corrected chi connectivity index (χ4v) is 0.875. The Kier molecular flexibility index (Phi) is 17.0. The Labute approximate surface area is 141 Å². The van der Waals surface area contributed by atoms with E-state index in [9.17, 15) is 14.8 Å². The van der Waals surface area contributed by atoms with E-state index in [1.54, 1.807) is 0 Å². The number of carbonyl (C=O) groups excluding carboxylic acids is 1. The van der Waals surface area contributed by atoms with Crippen molar-refractivity contribution in [3.05, 3.63) is 29.8 Å². The molecule has 0 aliphatic heterocycles. The monoisotopic (exact) mass is 238 g/mol. The summed E-state index contributed by atoms with van der Waals surface area (Å²) in [4.78, 5) is 10.8. The third-order valence-corrected chi connectivity index (χ3v) is 1.59. The van der Waals surface area contributed by atoms with E-state index in [4.69, 9.17) is 0 Å². The van der Waals surface area contributed by atoms with Gasteiger partial charge in [-0.05, 0) is 6.92 Å². The van der Waals surface area contributed by atoms with Gasteiger partial charge in [0.25, 0.3) is 0 Å². The molecule has 16 heavy (non-hydrogen) atoms. The third kappa shape index (κ3) is 8.04. The van der Waals surface area contributed by atoms with Crippen molar-refractivity contribution in [2.45, 2.75) is 20.8 Å². The normalized spacial score (nSPS) is 7.56. The molecule has 0 amide bonds. The van der Waals surface area contributed by atoms with Crippen LogP contribution in [0.3, 0.4) is 0 Å². The maximum absolute atomic E-state index is 10.8. The maximum Gasteiger partial charge on any atom is 1.00 e. The van der Waals surface area contributed by atoms with Gasteiger partial charge in [-0.1, -0.05) is 45.2 Å². The van der Waals surface area contributed by atoms with Gasteiger partial charge in [0.1, 0.15) is 0 Å². The molecule has 0 saturated heterocycles. The second-order valence-electron chi connectivity index (χ2n) is 2.51. The van der Waals surface area contributed by atoms with Crippen molar-refractivity contribution < 1.29 is 74.0 Å². The van der Waals surface area contributed by atoms with Gasteiger partial charge in [-0.15, -0.1) is 5.46 Å². The second-order valence-corrected chi connectivity index (χ2v) is 2.51. The number of benzene rings is 1. The SMILES string of the molecule is CC.CC(=O)c1ccc(B([O-])[O-])cc1.[Na+].[Na+]. The molecule has 0 radical (unpaired) electrons. The summed E-state index contributed by atoms with van der Waals surface area (Å²) in [5.41, 5.74) is 0.680. The van der Waals surface area contributed by atoms with E-state index >= 15 is 0 Å². The molecule has 76 valence electrons. The van der Waals surface area contributed by atoms with Crippen LogP contribution in [0.1, 0.15) is 31.1 Å². The molecule has 0 saturated carbocycles. The fourth-order valence-electron chi connectivity index (χ4n) is 0.875. The van der Waals surface area contributed by atoms with Crippen LogP contribution in [-0.4, -0.2) is 12.9 Å². The zero-order valence-corrected chi connectivity index (χ0v) is 14.6. The predicted octanol–water partition coefficient (Wildman–Crippen LogP) is -6.66. The molecule has 6 heteroatoms. The number of carbonyl (C=O) groups is 1. The Hall–Kier alpha value is 0.875. The van der Waals surface area contributed by atoms with Crippen molar-refractivity contribution in [3.63, 3.8) is 0 Å². The summed E-state index contributed by atoms with van der Waals surface area (Å²) in [6, 6.07) is 5.75. The van der Waals surface area contributed by atoms with Crippen LogP contribution < -0.4 is 74.6 Å². The summed E-state index contributed by atoms with van der Waals surface area (Å²) < 4.78 is 0. The third-order valence-electron chi connectivity index (χ3n) is 1.59. The van der Waals surface area contributed by atoms with Crippen LogP contribution >= 0.6 is 0 Å². The van der Waals surface area contributed by atoms with E-state index in [0.29, 0.717) is 5.56 Å². The number of ketones is 1. The summed E-state index contributed by atoms with van der Waals surface area (Å²) in [7, 11) is -1.97. The Balaban J connectivity index is -0.000000399. The summed E-state index contributed by atoms with van der Waals surface area (Å²) in [6.45, 7) is 5.43. The van der Waals surface area contributed by atoms with Gasteiger partial charge in [0.05, 0.1) is 0 Å². The average molecular weight is 238 g/mol. The van der Waals surface area contributed by atoms with Crippen LogP contribution in [0.2, 0.25) is 0 Å². The zero-order chi connectivity index (χ0) is 11.1. The van der Waals surface area contributed by atoms with E-state index < -0.39 is 7.12 Å². The van der Waals surface area contributed by atoms with Crippen LogP contribution in [0, 0.1) is 0 Å². The first kappa shape index (κ1) is 22.1. The Morgan fingerprint density at radius 3 is 1.69 bits per heavy atom. The Bertz CT molecular complexity index is 289. The molecule has 0 aliphatic carbocycles. The molecule has 0 N–H and O–H groups in total. The molecule has 0 unspecified atom stereocenters. The molecule has 0 heterocycles. The molecular formula is C10H13BNa2O3. The van der Waals surface area contributed by atoms with Crippen molar-refractivity contribution in [2.75, 3.05) is 0 Å². The quantitative estimate of drug-likeness (QED) is 0.380. The van der Waals surface area contributed by atoms with Gasteiger partial charge in [0.15, 0.2) is 5.78 Å². The van der Waals surface area contributed by atoms with Gasteiger partial charge in [0, 0.05) is 5.56 Å². The summed E-state index contributed by atoms with van der Waals surface area (Å²) in [6.07, 6.45) is 0. The predicted molar refractivity (Wildman–Crippen MR) is 53.2 cm³/mol. The minimum Gasteiger partial charge on any atom is -0.889 e. The van der Waals surface area contributed by atoms with Crippen LogP contribution in [-0.2, 0) is 0 Å². The molecular weight excluding hydrogens is 225 g/mol. The van der Waals surface area contributed by atoms with E-state index in [1.807, 2.05) is 13.8 Å². The first-order chi connectivity index (χ1) is 6.61. The van der Waals surface area contributed by atoms with Gasteiger partial charge in [0.2, 0.25) is 0 Å².